The molecule has 0 aliphatic carbocycles. The summed E-state index contributed by atoms with van der Waals surface area (Å²) in [6, 6.07) is -0.820. The van der Waals surface area contributed by atoms with Crippen molar-refractivity contribution >= 4 is 12.1 Å². The molecule has 18 heavy (non-hydrogen) atoms. The molecule has 0 aromatic heterocycles. The second-order valence-electron chi connectivity index (χ2n) is 5.43. The van der Waals surface area contributed by atoms with Crippen LogP contribution in [-0.4, -0.2) is 40.3 Å². The van der Waals surface area contributed by atoms with Crippen LogP contribution in [0.4, 0.5) is 4.79 Å². The predicted molar refractivity (Wildman–Crippen MR) is 67.4 cm³/mol. The first-order valence-corrected chi connectivity index (χ1v) is 6.11. The Balaban J connectivity index is 2.80. The quantitative estimate of drug-likeness (QED) is 0.731. The second kappa shape index (κ2) is 5.42. The normalized spacial score (nSPS) is 23.0. The number of rotatable bonds is 1. The fourth-order valence-electron chi connectivity index (χ4n) is 1.90. The van der Waals surface area contributed by atoms with Crippen molar-refractivity contribution in [1.82, 2.24) is 4.90 Å². The summed E-state index contributed by atoms with van der Waals surface area (Å²) >= 11 is 0. The molecule has 0 aromatic carbocycles. The zero-order valence-corrected chi connectivity index (χ0v) is 11.4. The van der Waals surface area contributed by atoms with Gasteiger partial charge < -0.3 is 9.84 Å². The molecule has 0 spiro atoms. The Bertz CT molecular complexity index is 368. The van der Waals surface area contributed by atoms with E-state index in [9.17, 15) is 14.7 Å². The number of nitrogens with zero attached hydrogens (tertiary/aromatic N) is 1. The highest BCUT2D eigenvalue weighted by Gasteiger charge is 2.36. The van der Waals surface area contributed by atoms with Gasteiger partial charge in [0.2, 0.25) is 0 Å². The number of hydrogen-bond donors (Lipinski definition) is 1. The standard InChI is InChI=1S/C13H21NO4/c1-5-9-6-7-14(10(8-9)11(15)16)12(17)18-13(2,3)4/h5,10H,6-8H2,1-4H3,(H,15,16). The number of ether oxygens (including phenoxy) is 1. The van der Waals surface area contributed by atoms with Gasteiger partial charge in [-0.15, -0.1) is 0 Å². The summed E-state index contributed by atoms with van der Waals surface area (Å²) in [6.07, 6.45) is 2.46. The van der Waals surface area contributed by atoms with Gasteiger partial charge in [0, 0.05) is 6.54 Å². The van der Waals surface area contributed by atoms with Gasteiger partial charge in [-0.05, 0) is 40.5 Å². The van der Waals surface area contributed by atoms with Crippen molar-refractivity contribution in [2.45, 2.75) is 52.2 Å². The van der Waals surface area contributed by atoms with E-state index in [0.29, 0.717) is 19.4 Å². The molecule has 0 saturated carbocycles. The second-order valence-corrected chi connectivity index (χ2v) is 5.43. The van der Waals surface area contributed by atoms with E-state index in [2.05, 4.69) is 0 Å². The van der Waals surface area contributed by atoms with E-state index in [4.69, 9.17) is 4.74 Å². The number of amides is 1. The monoisotopic (exact) mass is 255 g/mol. The van der Waals surface area contributed by atoms with Gasteiger partial charge in [0.1, 0.15) is 11.6 Å². The number of carboxylic acids is 1. The molecule has 1 atom stereocenters. The molecule has 102 valence electrons. The number of hydrogen-bond acceptors (Lipinski definition) is 3. The lowest BCUT2D eigenvalue weighted by Crippen LogP contribution is -2.50. The molecule has 1 saturated heterocycles. The van der Waals surface area contributed by atoms with Crippen LogP contribution in [0.15, 0.2) is 11.6 Å². The average Bonchev–Trinajstić information content (AvgIpc) is 2.25. The van der Waals surface area contributed by atoms with Crippen LogP contribution in [-0.2, 0) is 9.53 Å². The molecule has 0 radical (unpaired) electrons. The van der Waals surface area contributed by atoms with Gasteiger partial charge in [-0.1, -0.05) is 11.6 Å². The number of carboxylic acid groups (broad SMARTS) is 1. The van der Waals surface area contributed by atoms with Crippen LogP contribution in [0.25, 0.3) is 0 Å². The third kappa shape index (κ3) is 3.75. The average molecular weight is 255 g/mol. The van der Waals surface area contributed by atoms with E-state index in [0.717, 1.165) is 5.57 Å². The number of carbonyl (C=O) groups is 2. The summed E-state index contributed by atoms with van der Waals surface area (Å²) in [7, 11) is 0. The Morgan fingerprint density at radius 2 is 2.06 bits per heavy atom. The van der Waals surface area contributed by atoms with Gasteiger partial charge in [-0.25, -0.2) is 9.59 Å². The number of aliphatic carboxylic acids is 1. The third-order valence-corrected chi connectivity index (χ3v) is 2.83. The smallest absolute Gasteiger partial charge is 0.411 e. The fraction of sp³-hybridized carbons (Fsp3) is 0.692. The number of carbonyl (C=O) groups excluding carboxylic acids is 1. The van der Waals surface area contributed by atoms with Gasteiger partial charge in [0.25, 0.3) is 0 Å². The minimum absolute atomic E-state index is 0.380. The van der Waals surface area contributed by atoms with Crippen molar-refractivity contribution in [3.05, 3.63) is 11.6 Å². The summed E-state index contributed by atoms with van der Waals surface area (Å²) in [6.45, 7) is 7.58. The molecule has 1 N–H and O–H groups in total. The van der Waals surface area contributed by atoms with E-state index in [1.165, 1.54) is 4.90 Å². The topological polar surface area (TPSA) is 66.8 Å². The van der Waals surface area contributed by atoms with Crippen LogP contribution >= 0.6 is 0 Å². The summed E-state index contributed by atoms with van der Waals surface area (Å²) < 4.78 is 5.23. The molecule has 1 unspecified atom stereocenters. The fourth-order valence-corrected chi connectivity index (χ4v) is 1.90. The highest BCUT2D eigenvalue weighted by molar-refractivity contribution is 5.81. The zero-order valence-electron chi connectivity index (χ0n) is 11.4. The Hall–Kier alpha value is -1.52. The molecule has 5 heteroatoms. The van der Waals surface area contributed by atoms with Crippen LogP contribution in [0, 0.1) is 0 Å². The molecule has 1 rings (SSSR count). The predicted octanol–water partition coefficient (Wildman–Crippen LogP) is 2.42. The maximum atomic E-state index is 11.9. The Kier molecular flexibility index (Phi) is 4.38. The first kappa shape index (κ1) is 14.5. The van der Waals surface area contributed by atoms with Crippen LogP contribution in [0.3, 0.4) is 0 Å². The Morgan fingerprint density at radius 1 is 1.44 bits per heavy atom. The molecule has 1 amide bonds. The zero-order chi connectivity index (χ0) is 13.9. The number of allylic oxidation sites excluding steroid dienone is 1. The largest absolute Gasteiger partial charge is 0.480 e. The van der Waals surface area contributed by atoms with Gasteiger partial charge >= 0.3 is 12.1 Å². The van der Waals surface area contributed by atoms with Gasteiger partial charge in [-0.3, -0.25) is 4.90 Å². The van der Waals surface area contributed by atoms with Crippen LogP contribution < -0.4 is 0 Å². The SMILES string of the molecule is CC=C1CCN(C(=O)OC(C)(C)C)C(C(=O)O)C1. The van der Waals surface area contributed by atoms with Crippen LogP contribution in [0.1, 0.15) is 40.5 Å². The number of likely N-dealkylation sites (tertiary alicyclic amines) is 1. The maximum Gasteiger partial charge on any atom is 0.411 e. The van der Waals surface area contributed by atoms with Crippen LogP contribution in [0.5, 0.6) is 0 Å². The van der Waals surface area contributed by atoms with Crippen molar-refractivity contribution in [1.29, 1.82) is 0 Å². The lowest BCUT2D eigenvalue weighted by Gasteiger charge is -2.35. The van der Waals surface area contributed by atoms with Crippen molar-refractivity contribution in [3.8, 4) is 0 Å². The molecule has 0 aromatic rings. The number of piperidine rings is 1. The lowest BCUT2D eigenvalue weighted by atomic mass is 9.97. The van der Waals surface area contributed by atoms with E-state index in [-0.39, 0.29) is 0 Å². The summed E-state index contributed by atoms with van der Waals surface area (Å²) in [5, 5.41) is 9.19. The molecular formula is C13H21NO4. The highest BCUT2D eigenvalue weighted by atomic mass is 16.6. The molecule has 1 aliphatic heterocycles. The summed E-state index contributed by atoms with van der Waals surface area (Å²) in [5.74, 6) is -0.986. The van der Waals surface area contributed by atoms with Gasteiger partial charge in [0.15, 0.2) is 0 Å². The highest BCUT2D eigenvalue weighted by Crippen LogP contribution is 2.24. The van der Waals surface area contributed by atoms with E-state index >= 15 is 0 Å². The van der Waals surface area contributed by atoms with Crippen molar-refractivity contribution in [2.75, 3.05) is 6.54 Å². The van der Waals surface area contributed by atoms with Crippen molar-refractivity contribution < 1.29 is 19.4 Å². The Morgan fingerprint density at radius 3 is 2.50 bits per heavy atom. The van der Waals surface area contributed by atoms with E-state index in [1.807, 2.05) is 13.0 Å². The van der Waals surface area contributed by atoms with E-state index in [1.54, 1.807) is 20.8 Å². The molecule has 1 aliphatic rings. The summed E-state index contributed by atoms with van der Waals surface area (Å²) in [5.41, 5.74) is 0.461. The van der Waals surface area contributed by atoms with E-state index < -0.39 is 23.7 Å². The lowest BCUT2D eigenvalue weighted by molar-refractivity contribution is -0.143. The van der Waals surface area contributed by atoms with Gasteiger partial charge in [-0.2, -0.15) is 0 Å². The molecule has 5 nitrogen and oxygen atoms in total. The first-order valence-electron chi connectivity index (χ1n) is 6.11. The molecular weight excluding hydrogens is 234 g/mol. The molecule has 1 fully saturated rings. The van der Waals surface area contributed by atoms with Crippen molar-refractivity contribution in [3.63, 3.8) is 0 Å². The minimum atomic E-state index is -0.986. The van der Waals surface area contributed by atoms with Crippen LogP contribution in [0.2, 0.25) is 0 Å². The van der Waals surface area contributed by atoms with Crippen molar-refractivity contribution in [2.24, 2.45) is 0 Å². The first-order chi connectivity index (χ1) is 8.24. The Labute approximate surface area is 107 Å². The minimum Gasteiger partial charge on any atom is -0.480 e. The maximum absolute atomic E-state index is 11.9. The van der Waals surface area contributed by atoms with Gasteiger partial charge in [0.05, 0.1) is 0 Å². The molecule has 1 heterocycles. The summed E-state index contributed by atoms with van der Waals surface area (Å²) in [4.78, 5) is 24.5. The molecule has 0 bridgehead atoms. The third-order valence-electron chi connectivity index (χ3n) is 2.83.